The van der Waals surface area contributed by atoms with Gasteiger partial charge in [-0.25, -0.2) is 0 Å². The van der Waals surface area contributed by atoms with E-state index in [1.165, 1.54) is 11.8 Å². The molecule has 1 fully saturated rings. The number of amides is 1. The summed E-state index contributed by atoms with van der Waals surface area (Å²) in [5.41, 5.74) is 3.28. The third-order valence-electron chi connectivity index (χ3n) is 5.49. The molecule has 1 aliphatic heterocycles. The Bertz CT molecular complexity index is 1110. The number of hydrogen-bond donors (Lipinski definition) is 1. The molecule has 8 nitrogen and oxygen atoms in total. The molecule has 1 unspecified atom stereocenters. The number of nitrogens with one attached hydrogen (secondary N) is 1. The smallest absolute Gasteiger partial charge is 0.235 e. The summed E-state index contributed by atoms with van der Waals surface area (Å²) in [6.07, 6.45) is 3.75. The van der Waals surface area contributed by atoms with Crippen LogP contribution in [0.5, 0.6) is 0 Å². The Balaban J connectivity index is 1.49. The van der Waals surface area contributed by atoms with Crippen molar-refractivity contribution >= 4 is 23.5 Å². The molecule has 3 aromatic rings. The molecule has 1 aromatic carbocycles. The lowest BCUT2D eigenvalue weighted by atomic mass is 10.2. The van der Waals surface area contributed by atoms with Gasteiger partial charge in [-0.1, -0.05) is 30.0 Å². The minimum Gasteiger partial charge on any atom is -0.376 e. The minimum absolute atomic E-state index is 0.103. The van der Waals surface area contributed by atoms with Crippen LogP contribution in [0.2, 0.25) is 0 Å². The van der Waals surface area contributed by atoms with E-state index in [-0.39, 0.29) is 17.8 Å². The van der Waals surface area contributed by atoms with E-state index in [1.807, 2.05) is 53.3 Å². The number of carbonyl (C=O) groups is 1. The van der Waals surface area contributed by atoms with Crippen molar-refractivity contribution in [3.05, 3.63) is 53.5 Å². The molecule has 0 saturated carbocycles. The first-order valence-electron chi connectivity index (χ1n) is 10.2. The van der Waals surface area contributed by atoms with Crippen LogP contribution in [-0.2, 0) is 16.1 Å². The van der Waals surface area contributed by atoms with E-state index in [0.717, 1.165) is 36.4 Å². The number of benzene rings is 1. The summed E-state index contributed by atoms with van der Waals surface area (Å²) in [5.74, 6) is 0.498. The first kappa shape index (κ1) is 21.2. The number of rotatable bonds is 7. The zero-order valence-corrected chi connectivity index (χ0v) is 18.4. The molecule has 31 heavy (non-hydrogen) atoms. The number of nitriles is 1. The molecule has 160 valence electrons. The summed E-state index contributed by atoms with van der Waals surface area (Å²) in [7, 11) is 0. The van der Waals surface area contributed by atoms with E-state index >= 15 is 0 Å². The molecule has 1 saturated heterocycles. The number of aromatic nitrogens is 4. The molecular weight excluding hydrogens is 412 g/mol. The highest BCUT2D eigenvalue weighted by Crippen LogP contribution is 2.29. The Morgan fingerprint density at radius 3 is 2.87 bits per heavy atom. The maximum absolute atomic E-state index is 12.8. The van der Waals surface area contributed by atoms with Gasteiger partial charge in [0.1, 0.15) is 18.2 Å². The predicted octanol–water partition coefficient (Wildman–Crippen LogP) is 3.47. The summed E-state index contributed by atoms with van der Waals surface area (Å²) in [4.78, 5) is 12.8. The van der Waals surface area contributed by atoms with E-state index in [1.54, 1.807) is 6.33 Å². The van der Waals surface area contributed by atoms with Gasteiger partial charge in [-0.2, -0.15) is 5.26 Å². The fourth-order valence-corrected chi connectivity index (χ4v) is 4.47. The fraction of sp³-hybridized carbons (Fsp3) is 0.364. The van der Waals surface area contributed by atoms with E-state index in [0.29, 0.717) is 23.1 Å². The van der Waals surface area contributed by atoms with Gasteiger partial charge in [0.25, 0.3) is 0 Å². The van der Waals surface area contributed by atoms with Gasteiger partial charge in [-0.05, 0) is 44.4 Å². The van der Waals surface area contributed by atoms with E-state index in [2.05, 4.69) is 21.6 Å². The quantitative estimate of drug-likeness (QED) is 0.570. The normalized spacial score (nSPS) is 15.7. The van der Waals surface area contributed by atoms with Gasteiger partial charge in [0.15, 0.2) is 5.16 Å². The molecule has 4 rings (SSSR count). The molecule has 0 spiro atoms. The second kappa shape index (κ2) is 9.37. The van der Waals surface area contributed by atoms with Crippen LogP contribution in [0.1, 0.15) is 29.7 Å². The first-order valence-corrected chi connectivity index (χ1v) is 11.2. The molecule has 1 atom stereocenters. The lowest BCUT2D eigenvalue weighted by molar-refractivity contribution is -0.113. The highest BCUT2D eigenvalue weighted by molar-refractivity contribution is 7.99. The van der Waals surface area contributed by atoms with Crippen molar-refractivity contribution in [2.24, 2.45) is 0 Å². The SMILES string of the molecule is Cc1c(C#N)c(NC(=O)CSc2nncn2-c2ccccc2)n(CC2CCCO2)c1C. The zero-order valence-electron chi connectivity index (χ0n) is 17.5. The van der Waals surface area contributed by atoms with Crippen LogP contribution < -0.4 is 5.32 Å². The average Bonchev–Trinajstić information content (AvgIpc) is 3.51. The van der Waals surface area contributed by atoms with Crippen LogP contribution in [0.4, 0.5) is 5.82 Å². The fourth-order valence-electron chi connectivity index (χ4n) is 3.74. The minimum atomic E-state index is -0.199. The van der Waals surface area contributed by atoms with Crippen LogP contribution in [0, 0.1) is 25.2 Å². The maximum Gasteiger partial charge on any atom is 0.235 e. The molecule has 0 radical (unpaired) electrons. The molecule has 1 amide bonds. The summed E-state index contributed by atoms with van der Waals surface area (Å²) in [6.45, 7) is 5.26. The van der Waals surface area contributed by atoms with Gasteiger partial charge < -0.3 is 14.6 Å². The number of ether oxygens (including phenoxy) is 1. The second-order valence-corrected chi connectivity index (χ2v) is 8.39. The lowest BCUT2D eigenvalue weighted by Gasteiger charge is -2.16. The van der Waals surface area contributed by atoms with Crippen molar-refractivity contribution in [3.63, 3.8) is 0 Å². The van der Waals surface area contributed by atoms with Crippen molar-refractivity contribution < 1.29 is 9.53 Å². The molecule has 1 aliphatic rings. The lowest BCUT2D eigenvalue weighted by Crippen LogP contribution is -2.22. The van der Waals surface area contributed by atoms with Gasteiger partial charge in [0.2, 0.25) is 5.91 Å². The predicted molar refractivity (Wildman–Crippen MR) is 118 cm³/mol. The van der Waals surface area contributed by atoms with Gasteiger partial charge in [0, 0.05) is 18.0 Å². The third-order valence-corrected chi connectivity index (χ3v) is 6.44. The van der Waals surface area contributed by atoms with Crippen LogP contribution in [0.15, 0.2) is 41.8 Å². The van der Waals surface area contributed by atoms with E-state index in [4.69, 9.17) is 4.74 Å². The number of thioether (sulfide) groups is 1. The van der Waals surface area contributed by atoms with E-state index in [9.17, 15) is 10.1 Å². The summed E-state index contributed by atoms with van der Waals surface area (Å²) >= 11 is 1.30. The highest BCUT2D eigenvalue weighted by Gasteiger charge is 2.24. The maximum atomic E-state index is 12.8. The largest absolute Gasteiger partial charge is 0.376 e. The second-order valence-electron chi connectivity index (χ2n) is 7.45. The molecule has 0 aliphatic carbocycles. The van der Waals surface area contributed by atoms with Crippen molar-refractivity contribution in [3.8, 4) is 11.8 Å². The molecule has 1 N–H and O–H groups in total. The van der Waals surface area contributed by atoms with E-state index < -0.39 is 0 Å². The summed E-state index contributed by atoms with van der Waals surface area (Å²) in [5, 5.41) is 21.4. The standard InChI is InChI=1S/C22H24N6O2S/c1-15-16(2)27(12-18-9-6-10-30-18)21(19(15)11-23)25-20(29)13-31-22-26-24-14-28(22)17-7-4-3-5-8-17/h3-5,7-8,14,18H,6,9-10,12-13H2,1-2H3,(H,25,29). The summed E-state index contributed by atoms with van der Waals surface area (Å²) in [6, 6.07) is 12.0. The van der Waals surface area contributed by atoms with Gasteiger partial charge in [0.05, 0.1) is 24.0 Å². The number of anilines is 1. The van der Waals surface area contributed by atoms with Crippen molar-refractivity contribution in [2.75, 3.05) is 17.7 Å². The Kier molecular flexibility index (Phi) is 6.39. The first-order chi connectivity index (χ1) is 15.1. The van der Waals surface area contributed by atoms with Crippen LogP contribution in [0.25, 0.3) is 5.69 Å². The average molecular weight is 437 g/mol. The number of hydrogen-bond acceptors (Lipinski definition) is 6. The Labute approximate surface area is 185 Å². The molecule has 9 heteroatoms. The molecule has 0 bridgehead atoms. The molecular formula is C22H24N6O2S. The van der Waals surface area contributed by atoms with Gasteiger partial charge >= 0.3 is 0 Å². The number of carbonyl (C=O) groups excluding carboxylic acids is 1. The topological polar surface area (TPSA) is 97.8 Å². The van der Waals surface area contributed by atoms with Crippen LogP contribution in [-0.4, -0.2) is 43.7 Å². The van der Waals surface area contributed by atoms with Crippen molar-refractivity contribution in [1.29, 1.82) is 5.26 Å². The third kappa shape index (κ3) is 4.50. The Morgan fingerprint density at radius 2 is 2.16 bits per heavy atom. The number of para-hydroxylation sites is 1. The van der Waals surface area contributed by atoms with Crippen LogP contribution in [0.3, 0.4) is 0 Å². The van der Waals surface area contributed by atoms with Crippen molar-refractivity contribution in [1.82, 2.24) is 19.3 Å². The molecule has 3 heterocycles. The molecule has 2 aromatic heterocycles. The van der Waals surface area contributed by atoms with Crippen LogP contribution >= 0.6 is 11.8 Å². The van der Waals surface area contributed by atoms with Gasteiger partial charge in [-0.15, -0.1) is 10.2 Å². The highest BCUT2D eigenvalue weighted by atomic mass is 32.2. The Morgan fingerprint density at radius 1 is 1.35 bits per heavy atom. The van der Waals surface area contributed by atoms with Gasteiger partial charge in [-0.3, -0.25) is 9.36 Å². The summed E-state index contributed by atoms with van der Waals surface area (Å²) < 4.78 is 9.61. The zero-order chi connectivity index (χ0) is 21.8. The monoisotopic (exact) mass is 436 g/mol. The van der Waals surface area contributed by atoms with Crippen molar-refractivity contribution in [2.45, 2.75) is 44.5 Å². The number of nitrogens with zero attached hydrogens (tertiary/aromatic N) is 5. The Hall–Kier alpha value is -3.09.